The van der Waals surface area contributed by atoms with E-state index >= 15 is 0 Å². The summed E-state index contributed by atoms with van der Waals surface area (Å²) in [6, 6.07) is 0. The molecule has 1 fully saturated rings. The van der Waals surface area contributed by atoms with E-state index in [4.69, 9.17) is 5.73 Å². The minimum Gasteiger partial charge on any atom is -0.330 e. The molecule has 0 spiro atoms. The van der Waals surface area contributed by atoms with E-state index in [0.717, 1.165) is 18.4 Å². The fraction of sp³-hybridized carbons (Fsp3) is 1.00. The molecule has 0 aliphatic heterocycles. The Balaban J connectivity index is 2.09. The van der Waals surface area contributed by atoms with Gasteiger partial charge in [0.1, 0.15) is 0 Å². The second kappa shape index (κ2) is 5.58. The molecule has 0 heterocycles. The molecule has 1 rings (SSSR count). The average Bonchev–Trinajstić information content (AvgIpc) is 2.15. The molecule has 1 saturated carbocycles. The van der Waals surface area contributed by atoms with Crippen molar-refractivity contribution < 1.29 is 0 Å². The summed E-state index contributed by atoms with van der Waals surface area (Å²) in [5.41, 5.74) is 5.65. The number of nitrogens with two attached hydrogens (primary N) is 1. The molecular weight excluding hydrogens is 146 g/mol. The lowest BCUT2D eigenvalue weighted by Crippen LogP contribution is -2.21. The van der Waals surface area contributed by atoms with Crippen LogP contribution in [0.5, 0.6) is 0 Å². The molecule has 12 heavy (non-hydrogen) atoms. The summed E-state index contributed by atoms with van der Waals surface area (Å²) >= 11 is 0. The third-order valence-corrected chi connectivity index (χ3v) is 3.27. The monoisotopic (exact) mass is 169 g/mol. The first-order chi connectivity index (χ1) is 5.86. The van der Waals surface area contributed by atoms with E-state index in [9.17, 15) is 0 Å². The lowest BCUT2D eigenvalue weighted by molar-refractivity contribution is 0.264. The van der Waals surface area contributed by atoms with Crippen molar-refractivity contribution >= 4 is 0 Å². The molecule has 2 N–H and O–H groups in total. The second-order valence-electron chi connectivity index (χ2n) is 4.26. The summed E-state index contributed by atoms with van der Waals surface area (Å²) in [4.78, 5) is 0. The van der Waals surface area contributed by atoms with Gasteiger partial charge in [-0.2, -0.15) is 0 Å². The van der Waals surface area contributed by atoms with Gasteiger partial charge >= 0.3 is 0 Å². The Bertz CT molecular complexity index is 104. The van der Waals surface area contributed by atoms with Crippen molar-refractivity contribution in [3.05, 3.63) is 0 Å². The summed E-state index contributed by atoms with van der Waals surface area (Å²) in [5, 5.41) is 0. The first-order valence-corrected chi connectivity index (χ1v) is 5.56. The quantitative estimate of drug-likeness (QED) is 0.688. The highest BCUT2D eigenvalue weighted by atomic mass is 14.5. The van der Waals surface area contributed by atoms with Gasteiger partial charge in [0.25, 0.3) is 0 Å². The van der Waals surface area contributed by atoms with Gasteiger partial charge in [-0.25, -0.2) is 0 Å². The molecule has 0 saturated heterocycles. The van der Waals surface area contributed by atoms with Crippen LogP contribution in [0.25, 0.3) is 0 Å². The summed E-state index contributed by atoms with van der Waals surface area (Å²) < 4.78 is 0. The van der Waals surface area contributed by atoms with Gasteiger partial charge in [0.15, 0.2) is 0 Å². The van der Waals surface area contributed by atoms with Crippen molar-refractivity contribution in [1.29, 1.82) is 0 Å². The van der Waals surface area contributed by atoms with Crippen molar-refractivity contribution in [3.8, 4) is 0 Å². The van der Waals surface area contributed by atoms with Gasteiger partial charge in [0.2, 0.25) is 0 Å². The van der Waals surface area contributed by atoms with Gasteiger partial charge < -0.3 is 5.73 Å². The van der Waals surface area contributed by atoms with Crippen molar-refractivity contribution in [3.63, 3.8) is 0 Å². The van der Waals surface area contributed by atoms with E-state index in [1.165, 1.54) is 44.9 Å². The minimum absolute atomic E-state index is 0.850. The Labute approximate surface area is 76.7 Å². The van der Waals surface area contributed by atoms with E-state index in [0.29, 0.717) is 0 Å². The molecule has 0 bridgehead atoms. The maximum atomic E-state index is 5.65. The second-order valence-corrected chi connectivity index (χ2v) is 4.26. The van der Waals surface area contributed by atoms with Gasteiger partial charge in [-0.3, -0.25) is 0 Å². The first kappa shape index (κ1) is 10.0. The SMILES string of the molecule is CCCC[C@H]1CC[C@@H](CN)CC1. The Hall–Kier alpha value is -0.0400. The van der Waals surface area contributed by atoms with E-state index in [-0.39, 0.29) is 0 Å². The molecule has 0 amide bonds. The van der Waals surface area contributed by atoms with Gasteiger partial charge in [0.05, 0.1) is 0 Å². The lowest BCUT2D eigenvalue weighted by Gasteiger charge is -2.27. The largest absolute Gasteiger partial charge is 0.330 e. The summed E-state index contributed by atoms with van der Waals surface area (Å²) in [7, 11) is 0. The van der Waals surface area contributed by atoms with Crippen LogP contribution < -0.4 is 5.73 Å². The molecule has 0 radical (unpaired) electrons. The van der Waals surface area contributed by atoms with Gasteiger partial charge in [-0.05, 0) is 31.2 Å². The molecule has 1 aliphatic carbocycles. The fourth-order valence-electron chi connectivity index (χ4n) is 2.25. The molecule has 0 unspecified atom stereocenters. The standard InChI is InChI=1S/C11H23N/c1-2-3-4-10-5-7-11(9-12)8-6-10/h10-11H,2-9,12H2,1H3/t10-,11+. The topological polar surface area (TPSA) is 26.0 Å². The Kier molecular flexibility index (Phi) is 4.67. The molecule has 0 atom stereocenters. The van der Waals surface area contributed by atoms with Crippen LogP contribution in [0, 0.1) is 11.8 Å². The number of rotatable bonds is 4. The molecule has 1 heteroatoms. The Morgan fingerprint density at radius 3 is 2.17 bits per heavy atom. The molecule has 1 aliphatic rings. The molecule has 1 nitrogen and oxygen atoms in total. The van der Waals surface area contributed by atoms with Gasteiger partial charge in [0, 0.05) is 0 Å². The smallest absolute Gasteiger partial charge is 0.00489 e. The van der Waals surface area contributed by atoms with Crippen LogP contribution >= 0.6 is 0 Å². The Morgan fingerprint density at radius 2 is 1.67 bits per heavy atom. The maximum absolute atomic E-state index is 5.65. The van der Waals surface area contributed by atoms with Crippen LogP contribution in [0.3, 0.4) is 0 Å². The van der Waals surface area contributed by atoms with E-state index in [1.54, 1.807) is 0 Å². The highest BCUT2D eigenvalue weighted by Crippen LogP contribution is 2.31. The van der Waals surface area contributed by atoms with Crippen LogP contribution in [-0.4, -0.2) is 6.54 Å². The summed E-state index contributed by atoms with van der Waals surface area (Å²) in [5.74, 6) is 1.88. The number of hydrogen-bond donors (Lipinski definition) is 1. The van der Waals surface area contributed by atoms with Gasteiger partial charge in [-0.15, -0.1) is 0 Å². The molecule has 0 aromatic rings. The zero-order valence-electron chi connectivity index (χ0n) is 8.39. The van der Waals surface area contributed by atoms with Crippen LogP contribution in [-0.2, 0) is 0 Å². The molecule has 0 aromatic heterocycles. The normalized spacial score (nSPS) is 30.5. The van der Waals surface area contributed by atoms with Crippen molar-refractivity contribution in [2.75, 3.05) is 6.54 Å². The third-order valence-electron chi connectivity index (χ3n) is 3.27. The Morgan fingerprint density at radius 1 is 1.08 bits per heavy atom. The summed E-state index contributed by atoms with van der Waals surface area (Å²) in [6.07, 6.45) is 9.93. The predicted octanol–water partition coefficient (Wildman–Crippen LogP) is 2.94. The molecule has 0 aromatic carbocycles. The lowest BCUT2D eigenvalue weighted by atomic mass is 9.80. The van der Waals surface area contributed by atoms with Crippen LogP contribution in [0.15, 0.2) is 0 Å². The van der Waals surface area contributed by atoms with Crippen molar-refractivity contribution in [2.45, 2.75) is 51.9 Å². The first-order valence-electron chi connectivity index (χ1n) is 5.56. The highest BCUT2D eigenvalue weighted by Gasteiger charge is 2.19. The van der Waals surface area contributed by atoms with E-state index < -0.39 is 0 Å². The maximum Gasteiger partial charge on any atom is -0.00489 e. The van der Waals surface area contributed by atoms with Crippen LogP contribution in [0.4, 0.5) is 0 Å². The fourth-order valence-corrected chi connectivity index (χ4v) is 2.25. The zero-order valence-corrected chi connectivity index (χ0v) is 8.39. The van der Waals surface area contributed by atoms with Gasteiger partial charge in [-0.1, -0.05) is 39.0 Å². The van der Waals surface area contributed by atoms with Crippen molar-refractivity contribution in [2.24, 2.45) is 17.6 Å². The molecular formula is C11H23N. The van der Waals surface area contributed by atoms with Crippen molar-refractivity contribution in [1.82, 2.24) is 0 Å². The van der Waals surface area contributed by atoms with E-state index in [1.807, 2.05) is 0 Å². The summed E-state index contributed by atoms with van der Waals surface area (Å²) in [6.45, 7) is 3.20. The van der Waals surface area contributed by atoms with Crippen LogP contribution in [0.2, 0.25) is 0 Å². The minimum atomic E-state index is 0.850. The highest BCUT2D eigenvalue weighted by molar-refractivity contribution is 4.72. The number of hydrogen-bond acceptors (Lipinski definition) is 1. The molecule has 72 valence electrons. The zero-order chi connectivity index (χ0) is 8.81. The third kappa shape index (κ3) is 3.14. The average molecular weight is 169 g/mol. The number of unbranched alkanes of at least 4 members (excludes halogenated alkanes) is 1. The van der Waals surface area contributed by atoms with E-state index in [2.05, 4.69) is 6.92 Å². The van der Waals surface area contributed by atoms with Crippen LogP contribution in [0.1, 0.15) is 51.9 Å². The predicted molar refractivity (Wildman–Crippen MR) is 54.0 cm³/mol.